The third-order valence-corrected chi connectivity index (χ3v) is 4.15. The summed E-state index contributed by atoms with van der Waals surface area (Å²) in [7, 11) is 0. The van der Waals surface area contributed by atoms with Crippen LogP contribution < -0.4 is 10.5 Å². The molecule has 0 unspecified atom stereocenters. The lowest BCUT2D eigenvalue weighted by Crippen LogP contribution is -2.01. The van der Waals surface area contributed by atoms with Gasteiger partial charge >= 0.3 is 5.97 Å². The quantitative estimate of drug-likeness (QED) is 0.360. The van der Waals surface area contributed by atoms with E-state index in [0.29, 0.717) is 18.6 Å². The normalized spacial score (nSPS) is 11.3. The number of unbranched alkanes of at least 4 members (excludes halogenated alkanes) is 1. The summed E-state index contributed by atoms with van der Waals surface area (Å²) in [6.07, 6.45) is 5.99. The first-order valence-corrected chi connectivity index (χ1v) is 9.09. The Morgan fingerprint density at radius 3 is 2.38 bits per heavy atom. The average Bonchev–Trinajstić information content (AvgIpc) is 2.64. The van der Waals surface area contributed by atoms with Crippen LogP contribution in [-0.4, -0.2) is 17.7 Å². The number of aliphatic carboxylic acids is 1. The van der Waals surface area contributed by atoms with Gasteiger partial charge in [-0.25, -0.2) is 4.79 Å². The van der Waals surface area contributed by atoms with Crippen molar-refractivity contribution in [1.82, 2.24) is 0 Å². The molecule has 0 saturated carbocycles. The van der Waals surface area contributed by atoms with Crippen LogP contribution in [0.25, 0.3) is 6.08 Å². The Morgan fingerprint density at radius 2 is 1.77 bits per heavy atom. The number of aryl methyl sites for hydroxylation is 1. The van der Waals surface area contributed by atoms with Crippen molar-refractivity contribution in [3.63, 3.8) is 0 Å². The molecule has 0 radical (unpaired) electrons. The third-order valence-electron chi connectivity index (χ3n) is 4.15. The largest absolute Gasteiger partial charge is 0.494 e. The molecule has 0 aliphatic rings. The monoisotopic (exact) mass is 353 g/mol. The Bertz CT molecular complexity index is 718. The Morgan fingerprint density at radius 1 is 1.08 bits per heavy atom. The molecule has 4 heteroatoms. The average molecular weight is 353 g/mol. The van der Waals surface area contributed by atoms with E-state index in [1.807, 2.05) is 48.5 Å². The second-order valence-corrected chi connectivity index (χ2v) is 6.34. The maximum atomic E-state index is 11.5. The van der Waals surface area contributed by atoms with Gasteiger partial charge in [0.2, 0.25) is 0 Å². The molecule has 0 bridgehead atoms. The van der Waals surface area contributed by atoms with Crippen molar-refractivity contribution in [3.05, 3.63) is 65.2 Å². The summed E-state index contributed by atoms with van der Waals surface area (Å²) in [5, 5.41) is 9.46. The van der Waals surface area contributed by atoms with Crippen LogP contribution >= 0.6 is 0 Å². The number of nitrogens with two attached hydrogens (primary N) is 1. The zero-order valence-corrected chi connectivity index (χ0v) is 15.3. The molecule has 0 atom stereocenters. The van der Waals surface area contributed by atoms with Crippen molar-refractivity contribution < 1.29 is 14.6 Å². The van der Waals surface area contributed by atoms with E-state index >= 15 is 0 Å². The standard InChI is InChI=1S/C22H27NO3/c1-2-3-15-26-21-13-9-18(10-14-21)16-19(22(24)25)6-4-5-17-7-11-20(23)12-8-17/h7-14,16H,2-6,15,23H2,1H3,(H,24,25). The van der Waals surface area contributed by atoms with Crippen molar-refractivity contribution in [3.8, 4) is 5.75 Å². The summed E-state index contributed by atoms with van der Waals surface area (Å²) in [6.45, 7) is 2.83. The minimum absolute atomic E-state index is 0.417. The van der Waals surface area contributed by atoms with Crippen LogP contribution in [0.1, 0.15) is 43.7 Å². The summed E-state index contributed by atoms with van der Waals surface area (Å²) < 4.78 is 5.63. The van der Waals surface area contributed by atoms with Gasteiger partial charge in [0, 0.05) is 11.3 Å². The predicted octanol–water partition coefficient (Wildman–Crippen LogP) is 4.94. The number of anilines is 1. The fraction of sp³-hybridized carbons (Fsp3) is 0.318. The van der Waals surface area contributed by atoms with Crippen LogP contribution in [0.4, 0.5) is 5.69 Å². The van der Waals surface area contributed by atoms with Gasteiger partial charge in [-0.1, -0.05) is 37.6 Å². The molecule has 2 rings (SSSR count). The molecule has 0 aliphatic carbocycles. The van der Waals surface area contributed by atoms with E-state index in [0.717, 1.165) is 48.2 Å². The Kier molecular flexibility index (Phi) is 7.75. The van der Waals surface area contributed by atoms with E-state index in [-0.39, 0.29) is 0 Å². The van der Waals surface area contributed by atoms with E-state index in [1.165, 1.54) is 0 Å². The van der Waals surface area contributed by atoms with Crippen LogP contribution in [0.3, 0.4) is 0 Å². The highest BCUT2D eigenvalue weighted by Crippen LogP contribution is 2.18. The lowest BCUT2D eigenvalue weighted by atomic mass is 10.0. The lowest BCUT2D eigenvalue weighted by Gasteiger charge is -2.06. The highest BCUT2D eigenvalue weighted by molar-refractivity contribution is 5.92. The van der Waals surface area contributed by atoms with Crippen molar-refractivity contribution in [1.29, 1.82) is 0 Å². The number of benzene rings is 2. The summed E-state index contributed by atoms with van der Waals surface area (Å²) in [5.41, 5.74) is 8.87. The fourth-order valence-electron chi connectivity index (χ4n) is 2.60. The molecule has 0 fully saturated rings. The van der Waals surface area contributed by atoms with Crippen LogP contribution in [-0.2, 0) is 11.2 Å². The second-order valence-electron chi connectivity index (χ2n) is 6.34. The van der Waals surface area contributed by atoms with Gasteiger partial charge in [-0.2, -0.15) is 0 Å². The molecule has 0 saturated heterocycles. The molecule has 138 valence electrons. The number of carboxylic acids is 1. The van der Waals surface area contributed by atoms with Crippen molar-refractivity contribution in [2.24, 2.45) is 0 Å². The van der Waals surface area contributed by atoms with E-state index in [9.17, 15) is 9.90 Å². The third kappa shape index (κ3) is 6.63. The SMILES string of the molecule is CCCCOc1ccc(C=C(CCCc2ccc(N)cc2)C(=O)O)cc1. The molecule has 0 spiro atoms. The number of ether oxygens (including phenoxy) is 1. The highest BCUT2D eigenvalue weighted by Gasteiger charge is 2.08. The van der Waals surface area contributed by atoms with Gasteiger partial charge in [-0.15, -0.1) is 0 Å². The van der Waals surface area contributed by atoms with Gasteiger partial charge in [-0.05, 0) is 67.2 Å². The van der Waals surface area contributed by atoms with Crippen LogP contribution in [0.2, 0.25) is 0 Å². The van der Waals surface area contributed by atoms with E-state index in [1.54, 1.807) is 6.08 Å². The van der Waals surface area contributed by atoms with Crippen molar-refractivity contribution in [2.75, 3.05) is 12.3 Å². The van der Waals surface area contributed by atoms with Crippen molar-refractivity contribution in [2.45, 2.75) is 39.0 Å². The van der Waals surface area contributed by atoms with Gasteiger partial charge in [0.15, 0.2) is 0 Å². The Labute approximate surface area is 155 Å². The maximum absolute atomic E-state index is 11.5. The van der Waals surface area contributed by atoms with Gasteiger partial charge in [0.25, 0.3) is 0 Å². The number of hydrogen-bond donors (Lipinski definition) is 2. The minimum Gasteiger partial charge on any atom is -0.494 e. The molecule has 0 heterocycles. The fourth-order valence-corrected chi connectivity index (χ4v) is 2.60. The number of nitrogen functional groups attached to an aromatic ring is 1. The lowest BCUT2D eigenvalue weighted by molar-refractivity contribution is -0.132. The first-order chi connectivity index (χ1) is 12.6. The van der Waals surface area contributed by atoms with E-state index < -0.39 is 5.97 Å². The summed E-state index contributed by atoms with van der Waals surface area (Å²) in [4.78, 5) is 11.5. The Hall–Kier alpha value is -2.75. The molecule has 2 aromatic carbocycles. The van der Waals surface area contributed by atoms with Gasteiger partial charge in [-0.3, -0.25) is 0 Å². The molecule has 3 N–H and O–H groups in total. The van der Waals surface area contributed by atoms with Crippen LogP contribution in [0.15, 0.2) is 54.1 Å². The molecule has 0 aliphatic heterocycles. The molecule has 26 heavy (non-hydrogen) atoms. The zero-order chi connectivity index (χ0) is 18.8. The predicted molar refractivity (Wildman–Crippen MR) is 106 cm³/mol. The van der Waals surface area contributed by atoms with E-state index in [4.69, 9.17) is 10.5 Å². The smallest absolute Gasteiger partial charge is 0.331 e. The van der Waals surface area contributed by atoms with Gasteiger partial charge < -0.3 is 15.6 Å². The zero-order valence-electron chi connectivity index (χ0n) is 15.3. The molecule has 0 amide bonds. The van der Waals surface area contributed by atoms with Crippen molar-refractivity contribution >= 4 is 17.7 Å². The minimum atomic E-state index is -0.870. The molecule has 2 aromatic rings. The van der Waals surface area contributed by atoms with Crippen LogP contribution in [0.5, 0.6) is 5.75 Å². The number of hydrogen-bond acceptors (Lipinski definition) is 3. The molecule has 4 nitrogen and oxygen atoms in total. The summed E-state index contributed by atoms with van der Waals surface area (Å²) >= 11 is 0. The highest BCUT2D eigenvalue weighted by atomic mass is 16.5. The Balaban J connectivity index is 1.93. The number of rotatable bonds is 10. The van der Waals surface area contributed by atoms with Gasteiger partial charge in [0.1, 0.15) is 5.75 Å². The first kappa shape index (κ1) is 19.6. The first-order valence-electron chi connectivity index (χ1n) is 9.09. The number of carboxylic acid groups (broad SMARTS) is 1. The topological polar surface area (TPSA) is 72.5 Å². The molecular formula is C22H27NO3. The number of carbonyl (C=O) groups is 1. The molecule has 0 aromatic heterocycles. The van der Waals surface area contributed by atoms with Crippen LogP contribution in [0, 0.1) is 0 Å². The molecular weight excluding hydrogens is 326 g/mol. The summed E-state index contributed by atoms with van der Waals surface area (Å²) in [5.74, 6) is -0.0543. The van der Waals surface area contributed by atoms with E-state index in [2.05, 4.69) is 6.92 Å². The summed E-state index contributed by atoms with van der Waals surface area (Å²) in [6, 6.07) is 15.3. The van der Waals surface area contributed by atoms with Gasteiger partial charge in [0.05, 0.1) is 6.61 Å². The maximum Gasteiger partial charge on any atom is 0.331 e. The second kappa shape index (κ2) is 10.3.